The van der Waals surface area contributed by atoms with Crippen LogP contribution in [0.25, 0.3) is 0 Å². The van der Waals surface area contributed by atoms with E-state index in [1.165, 1.54) is 7.11 Å². The second kappa shape index (κ2) is 8.11. The van der Waals surface area contributed by atoms with Crippen LogP contribution in [0.1, 0.15) is 11.4 Å². The maximum atomic E-state index is 12.6. The summed E-state index contributed by atoms with van der Waals surface area (Å²) < 4.78 is 10.5. The molecule has 1 aliphatic heterocycles. The molecular weight excluding hydrogens is 346 g/mol. The molecule has 0 radical (unpaired) electrons. The van der Waals surface area contributed by atoms with E-state index in [9.17, 15) is 4.79 Å². The average Bonchev–Trinajstić information content (AvgIpc) is 2.70. The molecule has 1 fully saturated rings. The first kappa shape index (κ1) is 18.8. The Balaban J connectivity index is 1.63. The van der Waals surface area contributed by atoms with Crippen LogP contribution < -0.4 is 19.7 Å². The molecule has 3 rings (SSSR count). The minimum Gasteiger partial charge on any atom is -0.497 e. The van der Waals surface area contributed by atoms with Gasteiger partial charge in [-0.15, -0.1) is 0 Å². The molecule has 2 aromatic rings. The standard InChI is InChI=1S/C19H25N5O3/c1-13-14(2)21-18(27-4)17(20-13)22-19(25)24-10-8-23(9-11-24)15-6-5-7-16(12-15)26-3/h5-7,12H,8-11H2,1-4H3,(H,20,22,25). The number of piperazine rings is 1. The first-order chi connectivity index (χ1) is 13.0. The molecule has 1 N–H and O–H groups in total. The fourth-order valence-corrected chi connectivity index (χ4v) is 2.96. The molecule has 1 saturated heterocycles. The summed E-state index contributed by atoms with van der Waals surface area (Å²) in [6.07, 6.45) is 0. The lowest BCUT2D eigenvalue weighted by Gasteiger charge is -2.36. The zero-order valence-corrected chi connectivity index (χ0v) is 16.2. The number of benzene rings is 1. The van der Waals surface area contributed by atoms with E-state index in [-0.39, 0.29) is 6.03 Å². The highest BCUT2D eigenvalue weighted by Gasteiger charge is 2.23. The van der Waals surface area contributed by atoms with Crippen molar-refractivity contribution in [3.8, 4) is 11.6 Å². The van der Waals surface area contributed by atoms with Crippen LogP contribution >= 0.6 is 0 Å². The lowest BCUT2D eigenvalue weighted by molar-refractivity contribution is 0.208. The molecule has 8 heteroatoms. The van der Waals surface area contributed by atoms with E-state index >= 15 is 0 Å². The molecule has 1 aromatic heterocycles. The van der Waals surface area contributed by atoms with Crippen molar-refractivity contribution in [3.05, 3.63) is 35.7 Å². The van der Waals surface area contributed by atoms with Gasteiger partial charge in [-0.2, -0.15) is 0 Å². The summed E-state index contributed by atoms with van der Waals surface area (Å²) in [6.45, 7) is 6.43. The van der Waals surface area contributed by atoms with E-state index in [0.29, 0.717) is 24.8 Å². The number of amides is 2. The smallest absolute Gasteiger partial charge is 0.323 e. The van der Waals surface area contributed by atoms with Gasteiger partial charge >= 0.3 is 6.03 Å². The lowest BCUT2D eigenvalue weighted by Crippen LogP contribution is -2.50. The third-order valence-electron chi connectivity index (χ3n) is 4.68. The number of urea groups is 1. The quantitative estimate of drug-likeness (QED) is 0.889. The van der Waals surface area contributed by atoms with Gasteiger partial charge in [0.05, 0.1) is 25.6 Å². The number of methoxy groups -OCH3 is 2. The molecule has 0 spiro atoms. The highest BCUT2D eigenvalue weighted by atomic mass is 16.5. The Morgan fingerprint density at radius 3 is 2.41 bits per heavy atom. The third kappa shape index (κ3) is 4.21. The van der Waals surface area contributed by atoms with Crippen molar-refractivity contribution in [2.75, 3.05) is 50.6 Å². The second-order valence-electron chi connectivity index (χ2n) is 6.36. The van der Waals surface area contributed by atoms with Crippen molar-refractivity contribution in [3.63, 3.8) is 0 Å². The van der Waals surface area contributed by atoms with Crippen LogP contribution in [0, 0.1) is 13.8 Å². The van der Waals surface area contributed by atoms with Crippen molar-refractivity contribution in [2.24, 2.45) is 0 Å². The van der Waals surface area contributed by atoms with E-state index in [2.05, 4.69) is 20.2 Å². The van der Waals surface area contributed by atoms with E-state index in [1.807, 2.05) is 38.1 Å². The first-order valence-electron chi connectivity index (χ1n) is 8.86. The van der Waals surface area contributed by atoms with Gasteiger partial charge in [-0.25, -0.2) is 14.8 Å². The van der Waals surface area contributed by atoms with Crippen LogP contribution in [0.2, 0.25) is 0 Å². The molecule has 0 atom stereocenters. The number of hydrogen-bond acceptors (Lipinski definition) is 6. The summed E-state index contributed by atoms with van der Waals surface area (Å²) in [5.41, 5.74) is 2.63. The predicted molar refractivity (Wildman–Crippen MR) is 104 cm³/mol. The van der Waals surface area contributed by atoms with Crippen LogP contribution in [-0.2, 0) is 0 Å². The predicted octanol–water partition coefficient (Wildman–Crippen LogP) is 2.46. The highest BCUT2D eigenvalue weighted by Crippen LogP contribution is 2.23. The summed E-state index contributed by atoms with van der Waals surface area (Å²) >= 11 is 0. The van der Waals surface area contributed by atoms with Crippen LogP contribution in [0.5, 0.6) is 11.6 Å². The zero-order valence-electron chi connectivity index (χ0n) is 16.2. The van der Waals surface area contributed by atoms with Crippen molar-refractivity contribution in [2.45, 2.75) is 13.8 Å². The molecule has 1 aromatic carbocycles. The Bertz CT molecular complexity index is 819. The summed E-state index contributed by atoms with van der Waals surface area (Å²) in [5.74, 6) is 1.50. The Morgan fingerprint density at radius 1 is 1.04 bits per heavy atom. The fraction of sp³-hybridized carbons (Fsp3) is 0.421. The number of hydrogen-bond donors (Lipinski definition) is 1. The van der Waals surface area contributed by atoms with Gasteiger partial charge in [0.1, 0.15) is 5.75 Å². The minimum absolute atomic E-state index is 0.198. The van der Waals surface area contributed by atoms with Gasteiger partial charge in [-0.1, -0.05) is 6.07 Å². The molecule has 1 aliphatic rings. The number of rotatable bonds is 4. The Hall–Kier alpha value is -3.03. The van der Waals surface area contributed by atoms with E-state index in [0.717, 1.165) is 35.9 Å². The van der Waals surface area contributed by atoms with Gasteiger partial charge in [0.2, 0.25) is 0 Å². The monoisotopic (exact) mass is 371 g/mol. The minimum atomic E-state index is -0.198. The molecule has 27 heavy (non-hydrogen) atoms. The van der Waals surface area contributed by atoms with Crippen molar-refractivity contribution < 1.29 is 14.3 Å². The largest absolute Gasteiger partial charge is 0.497 e. The second-order valence-corrected chi connectivity index (χ2v) is 6.36. The number of aryl methyl sites for hydroxylation is 2. The summed E-state index contributed by atoms with van der Waals surface area (Å²) in [5, 5.41) is 2.82. The molecular formula is C19H25N5O3. The van der Waals surface area contributed by atoms with Gasteiger partial charge < -0.3 is 19.3 Å². The average molecular weight is 371 g/mol. The van der Waals surface area contributed by atoms with Gasteiger partial charge in [-0.05, 0) is 26.0 Å². The summed E-state index contributed by atoms with van der Waals surface area (Å²) in [4.78, 5) is 25.3. The summed E-state index contributed by atoms with van der Waals surface area (Å²) in [6, 6.07) is 7.75. The lowest BCUT2D eigenvalue weighted by atomic mass is 10.2. The number of nitrogens with zero attached hydrogens (tertiary/aromatic N) is 4. The maximum absolute atomic E-state index is 12.6. The maximum Gasteiger partial charge on any atom is 0.323 e. The fourth-order valence-electron chi connectivity index (χ4n) is 2.96. The topological polar surface area (TPSA) is 79.8 Å². The van der Waals surface area contributed by atoms with Gasteiger partial charge in [0.25, 0.3) is 5.88 Å². The van der Waals surface area contributed by atoms with Gasteiger partial charge in [0.15, 0.2) is 5.82 Å². The highest BCUT2D eigenvalue weighted by molar-refractivity contribution is 5.89. The number of nitrogens with one attached hydrogen (secondary N) is 1. The number of carbonyl (C=O) groups excluding carboxylic acids is 1. The van der Waals surface area contributed by atoms with Gasteiger partial charge in [-0.3, -0.25) is 5.32 Å². The molecule has 0 aliphatic carbocycles. The Morgan fingerprint density at radius 2 is 1.74 bits per heavy atom. The molecule has 2 heterocycles. The van der Waals surface area contributed by atoms with Crippen LogP contribution in [0.4, 0.5) is 16.3 Å². The van der Waals surface area contributed by atoms with E-state index in [4.69, 9.17) is 9.47 Å². The normalized spacial score (nSPS) is 14.1. The van der Waals surface area contributed by atoms with Gasteiger partial charge in [0, 0.05) is 37.9 Å². The molecule has 0 unspecified atom stereocenters. The van der Waals surface area contributed by atoms with Crippen LogP contribution in [-0.4, -0.2) is 61.3 Å². The van der Waals surface area contributed by atoms with Crippen LogP contribution in [0.15, 0.2) is 24.3 Å². The Kier molecular flexibility index (Phi) is 5.63. The van der Waals surface area contributed by atoms with Crippen molar-refractivity contribution in [1.29, 1.82) is 0 Å². The molecule has 2 amide bonds. The number of ether oxygens (including phenoxy) is 2. The molecule has 0 saturated carbocycles. The van der Waals surface area contributed by atoms with Crippen LogP contribution in [0.3, 0.4) is 0 Å². The number of aromatic nitrogens is 2. The van der Waals surface area contributed by atoms with E-state index in [1.54, 1.807) is 12.0 Å². The number of anilines is 2. The Labute approximate surface area is 159 Å². The number of carbonyl (C=O) groups is 1. The van der Waals surface area contributed by atoms with Crippen molar-refractivity contribution >= 4 is 17.5 Å². The SMILES string of the molecule is COc1cccc(N2CCN(C(=O)Nc3nc(C)c(C)nc3OC)CC2)c1. The summed E-state index contributed by atoms with van der Waals surface area (Å²) in [7, 11) is 3.17. The van der Waals surface area contributed by atoms with E-state index < -0.39 is 0 Å². The molecule has 0 bridgehead atoms. The third-order valence-corrected chi connectivity index (χ3v) is 4.68. The first-order valence-corrected chi connectivity index (χ1v) is 8.86. The molecule has 144 valence electrons. The zero-order chi connectivity index (χ0) is 19.4. The molecule has 8 nitrogen and oxygen atoms in total. The van der Waals surface area contributed by atoms with Crippen molar-refractivity contribution in [1.82, 2.24) is 14.9 Å².